The van der Waals surface area contributed by atoms with E-state index >= 15 is 0 Å². The fourth-order valence-corrected chi connectivity index (χ4v) is 2.38. The summed E-state index contributed by atoms with van der Waals surface area (Å²) in [5, 5.41) is 20.8. The summed E-state index contributed by atoms with van der Waals surface area (Å²) < 4.78 is 39.3. The zero-order valence-corrected chi connectivity index (χ0v) is 11.9. The summed E-state index contributed by atoms with van der Waals surface area (Å²) in [6.07, 6.45) is -3.74. The Labute approximate surface area is 129 Å². The van der Waals surface area contributed by atoms with E-state index in [1.54, 1.807) is 0 Å². The predicted molar refractivity (Wildman–Crippen MR) is 72.5 cm³/mol. The summed E-state index contributed by atoms with van der Waals surface area (Å²) in [4.78, 5) is 23.9. The maximum atomic E-state index is 13.2. The first-order valence-corrected chi connectivity index (χ1v) is 6.79. The van der Waals surface area contributed by atoms with Crippen LogP contribution in [-0.2, 0) is 4.79 Å². The lowest BCUT2D eigenvalue weighted by molar-refractivity contribution is -0.136. The van der Waals surface area contributed by atoms with Gasteiger partial charge in [-0.2, -0.15) is 0 Å². The number of aliphatic hydroxyl groups excluding tert-OH is 1. The second-order valence-corrected chi connectivity index (χ2v) is 5.29. The number of carboxylic acid groups (broad SMARTS) is 1. The van der Waals surface area contributed by atoms with Gasteiger partial charge in [-0.15, -0.1) is 0 Å². The number of likely N-dealkylation sites (tertiary alicyclic amines) is 1. The second-order valence-electron chi connectivity index (χ2n) is 5.29. The molecule has 23 heavy (non-hydrogen) atoms. The summed E-state index contributed by atoms with van der Waals surface area (Å²) in [5.74, 6) is -4.57. The van der Waals surface area contributed by atoms with Gasteiger partial charge in [0.2, 0.25) is 5.91 Å². The SMILES string of the molecule is O=C(O)NC(C(=O)N1CCC(F)(F)C1)C(O)c1ccc(F)cc1. The number of rotatable bonds is 4. The quantitative estimate of drug-likeness (QED) is 0.777. The number of aliphatic hydroxyl groups is 1. The van der Waals surface area contributed by atoms with Crippen LogP contribution in [0.25, 0.3) is 0 Å². The maximum absolute atomic E-state index is 13.2. The Morgan fingerprint density at radius 3 is 2.35 bits per heavy atom. The fourth-order valence-electron chi connectivity index (χ4n) is 2.38. The maximum Gasteiger partial charge on any atom is 0.405 e. The van der Waals surface area contributed by atoms with E-state index in [2.05, 4.69) is 0 Å². The third kappa shape index (κ3) is 4.13. The van der Waals surface area contributed by atoms with Crippen LogP contribution >= 0.6 is 0 Å². The number of hydrogen-bond donors (Lipinski definition) is 3. The van der Waals surface area contributed by atoms with Crippen molar-refractivity contribution in [2.45, 2.75) is 24.5 Å². The van der Waals surface area contributed by atoms with Crippen LogP contribution in [0.4, 0.5) is 18.0 Å². The van der Waals surface area contributed by atoms with Gasteiger partial charge in [-0.3, -0.25) is 4.79 Å². The van der Waals surface area contributed by atoms with Gasteiger partial charge in [0.1, 0.15) is 18.0 Å². The first-order valence-electron chi connectivity index (χ1n) is 6.79. The summed E-state index contributed by atoms with van der Waals surface area (Å²) in [6, 6.07) is 2.77. The Hall–Kier alpha value is -2.29. The first-order chi connectivity index (χ1) is 10.7. The molecule has 0 aliphatic carbocycles. The Morgan fingerprint density at radius 1 is 1.26 bits per heavy atom. The molecule has 2 rings (SSSR count). The van der Waals surface area contributed by atoms with E-state index < -0.39 is 48.9 Å². The Balaban J connectivity index is 2.20. The minimum Gasteiger partial charge on any atom is -0.465 e. The van der Waals surface area contributed by atoms with Crippen molar-refractivity contribution in [3.63, 3.8) is 0 Å². The van der Waals surface area contributed by atoms with Crippen LogP contribution in [0.3, 0.4) is 0 Å². The number of carbonyl (C=O) groups is 2. The molecule has 0 radical (unpaired) electrons. The molecule has 0 saturated carbocycles. The Kier molecular flexibility index (Phi) is 4.79. The van der Waals surface area contributed by atoms with Crippen LogP contribution in [-0.4, -0.2) is 52.2 Å². The van der Waals surface area contributed by atoms with Gasteiger partial charge in [0.05, 0.1) is 6.54 Å². The topological polar surface area (TPSA) is 89.9 Å². The molecule has 9 heteroatoms. The van der Waals surface area contributed by atoms with Gasteiger partial charge in [0, 0.05) is 13.0 Å². The van der Waals surface area contributed by atoms with Crippen molar-refractivity contribution in [2.75, 3.05) is 13.1 Å². The van der Waals surface area contributed by atoms with Crippen molar-refractivity contribution in [3.05, 3.63) is 35.6 Å². The predicted octanol–water partition coefficient (Wildman–Crippen LogP) is 1.36. The zero-order chi connectivity index (χ0) is 17.2. The lowest BCUT2D eigenvalue weighted by Gasteiger charge is -2.27. The highest BCUT2D eigenvalue weighted by molar-refractivity contribution is 5.86. The van der Waals surface area contributed by atoms with Crippen molar-refractivity contribution in [1.29, 1.82) is 0 Å². The molecule has 1 aliphatic rings. The van der Waals surface area contributed by atoms with Gasteiger partial charge < -0.3 is 20.4 Å². The largest absolute Gasteiger partial charge is 0.465 e. The first kappa shape index (κ1) is 17.1. The lowest BCUT2D eigenvalue weighted by Crippen LogP contribution is -2.51. The number of alkyl halides is 2. The van der Waals surface area contributed by atoms with Crippen molar-refractivity contribution >= 4 is 12.0 Å². The van der Waals surface area contributed by atoms with Crippen LogP contribution in [0.1, 0.15) is 18.1 Å². The highest BCUT2D eigenvalue weighted by Gasteiger charge is 2.43. The zero-order valence-electron chi connectivity index (χ0n) is 11.9. The van der Waals surface area contributed by atoms with Crippen LogP contribution in [0.2, 0.25) is 0 Å². The molecule has 3 N–H and O–H groups in total. The molecule has 1 aliphatic heterocycles. The fraction of sp³-hybridized carbons (Fsp3) is 0.429. The van der Waals surface area contributed by atoms with E-state index in [0.717, 1.165) is 17.0 Å². The average molecular weight is 332 g/mol. The van der Waals surface area contributed by atoms with Gasteiger partial charge in [0.15, 0.2) is 0 Å². The van der Waals surface area contributed by atoms with Gasteiger partial charge >= 0.3 is 6.09 Å². The third-order valence-electron chi connectivity index (χ3n) is 3.55. The van der Waals surface area contributed by atoms with Crippen LogP contribution in [0.5, 0.6) is 0 Å². The number of halogens is 3. The molecule has 1 fully saturated rings. The van der Waals surface area contributed by atoms with Gasteiger partial charge in [0.25, 0.3) is 5.92 Å². The number of nitrogens with zero attached hydrogens (tertiary/aromatic N) is 1. The second kappa shape index (κ2) is 6.45. The molecule has 0 aromatic heterocycles. The summed E-state index contributed by atoms with van der Waals surface area (Å²) >= 11 is 0. The average Bonchev–Trinajstić information content (AvgIpc) is 2.84. The summed E-state index contributed by atoms with van der Waals surface area (Å²) in [6.45, 7) is -1.07. The number of carbonyl (C=O) groups excluding carboxylic acids is 1. The number of nitrogens with one attached hydrogen (secondary N) is 1. The standard InChI is InChI=1S/C14H15F3N2O4/c15-9-3-1-8(2-4-9)11(20)10(18-13(22)23)12(21)19-6-5-14(16,17)7-19/h1-4,10-11,18,20H,5-7H2,(H,22,23). The molecule has 1 aromatic rings. The Bertz CT molecular complexity index is 594. The number of amides is 2. The molecule has 126 valence electrons. The highest BCUT2D eigenvalue weighted by Crippen LogP contribution is 2.28. The molecule has 2 amide bonds. The van der Waals surface area contributed by atoms with E-state index in [1.165, 1.54) is 12.1 Å². The molecular weight excluding hydrogens is 317 g/mol. The van der Waals surface area contributed by atoms with Gasteiger partial charge in [-0.05, 0) is 17.7 Å². The van der Waals surface area contributed by atoms with Crippen molar-refractivity contribution in [2.24, 2.45) is 0 Å². The van der Waals surface area contributed by atoms with Crippen LogP contribution in [0.15, 0.2) is 24.3 Å². The lowest BCUT2D eigenvalue weighted by atomic mass is 10.0. The summed E-state index contributed by atoms with van der Waals surface area (Å²) in [7, 11) is 0. The molecule has 6 nitrogen and oxygen atoms in total. The molecule has 1 saturated heterocycles. The number of hydrogen-bond acceptors (Lipinski definition) is 3. The van der Waals surface area contributed by atoms with E-state index in [1.807, 2.05) is 5.32 Å². The van der Waals surface area contributed by atoms with Gasteiger partial charge in [-0.25, -0.2) is 18.0 Å². The Morgan fingerprint density at radius 2 is 1.87 bits per heavy atom. The van der Waals surface area contributed by atoms with Gasteiger partial charge in [-0.1, -0.05) is 12.1 Å². The molecule has 1 heterocycles. The van der Waals surface area contributed by atoms with Crippen molar-refractivity contribution in [3.8, 4) is 0 Å². The van der Waals surface area contributed by atoms with Crippen molar-refractivity contribution in [1.82, 2.24) is 10.2 Å². The molecule has 2 unspecified atom stereocenters. The molecular formula is C14H15F3N2O4. The minimum atomic E-state index is -3.04. The minimum absolute atomic E-state index is 0.0875. The van der Waals surface area contributed by atoms with E-state index in [4.69, 9.17) is 5.11 Å². The number of benzene rings is 1. The van der Waals surface area contributed by atoms with Crippen LogP contribution in [0, 0.1) is 5.82 Å². The molecule has 2 atom stereocenters. The van der Waals surface area contributed by atoms with E-state index in [-0.39, 0.29) is 12.1 Å². The monoisotopic (exact) mass is 332 g/mol. The van der Waals surface area contributed by atoms with E-state index in [0.29, 0.717) is 0 Å². The smallest absolute Gasteiger partial charge is 0.405 e. The van der Waals surface area contributed by atoms with Crippen molar-refractivity contribution < 1.29 is 33.0 Å². The molecule has 0 bridgehead atoms. The normalized spacial score (nSPS) is 19.2. The summed E-state index contributed by atoms with van der Waals surface area (Å²) in [5.41, 5.74) is 0.0875. The highest BCUT2D eigenvalue weighted by atomic mass is 19.3. The third-order valence-corrected chi connectivity index (χ3v) is 3.55. The molecule has 0 spiro atoms. The van der Waals surface area contributed by atoms with E-state index in [9.17, 15) is 27.9 Å². The molecule has 1 aromatic carbocycles. The van der Waals surface area contributed by atoms with Crippen LogP contribution < -0.4 is 5.32 Å².